The second-order valence-electron chi connectivity index (χ2n) is 8.16. The van der Waals surface area contributed by atoms with E-state index in [0.29, 0.717) is 28.7 Å². The predicted octanol–water partition coefficient (Wildman–Crippen LogP) is 9.00. The molecule has 2 bridgehead atoms. The summed E-state index contributed by atoms with van der Waals surface area (Å²) in [6.07, 6.45) is 2.53. The van der Waals surface area contributed by atoms with Crippen molar-refractivity contribution in [2.75, 3.05) is 18.4 Å². The molecule has 2 aliphatic heterocycles. The molecule has 2 N–H and O–H groups in total. The standard InChI is InChI=1S/C26H22N4O3.4C2H6/c31-24-15-30-13-12-20-25(28-16-27-20)26(30)17-6-5-7-18(14-17)32-22-10-3-4-11-23(22)33-21-9-2-1-8-19(21)29-24;4*1-2/h1-11,14,16,26H,12-13,15H2,(H,27,28)(H,29,31);4*1-2H3. The molecular formula is C34H46N4O3. The van der Waals surface area contributed by atoms with Crippen LogP contribution in [0.15, 0.2) is 79.1 Å². The van der Waals surface area contributed by atoms with Crippen LogP contribution in [0.4, 0.5) is 5.69 Å². The largest absolute Gasteiger partial charge is 0.453 e. The fourth-order valence-electron chi connectivity index (χ4n) is 4.51. The van der Waals surface area contributed by atoms with E-state index in [2.05, 4.69) is 26.3 Å². The summed E-state index contributed by atoms with van der Waals surface area (Å²) in [6.45, 7) is 17.0. The number of amides is 1. The number of aromatic amines is 1. The summed E-state index contributed by atoms with van der Waals surface area (Å²) in [4.78, 5) is 23.1. The number of hydrogen-bond donors (Lipinski definition) is 2. The highest BCUT2D eigenvalue weighted by Gasteiger charge is 2.32. The Morgan fingerprint density at radius 1 is 0.780 bits per heavy atom. The third-order valence-electron chi connectivity index (χ3n) is 6.00. The van der Waals surface area contributed by atoms with Crippen LogP contribution < -0.4 is 14.8 Å². The molecule has 0 radical (unpaired) electrons. The predicted molar refractivity (Wildman–Crippen MR) is 169 cm³/mol. The van der Waals surface area contributed by atoms with Gasteiger partial charge in [0.1, 0.15) is 5.75 Å². The molecule has 3 aromatic carbocycles. The molecule has 4 aromatic rings. The third-order valence-corrected chi connectivity index (χ3v) is 6.00. The number of carbonyl (C=O) groups is 1. The summed E-state index contributed by atoms with van der Waals surface area (Å²) in [7, 11) is 0. The monoisotopic (exact) mass is 558 g/mol. The van der Waals surface area contributed by atoms with Gasteiger partial charge in [0.15, 0.2) is 17.2 Å². The zero-order chi connectivity index (χ0) is 30.2. The molecule has 0 aliphatic carbocycles. The summed E-state index contributed by atoms with van der Waals surface area (Å²) in [5, 5.41) is 3.03. The topological polar surface area (TPSA) is 79.5 Å². The van der Waals surface area contributed by atoms with E-state index in [-0.39, 0.29) is 18.5 Å². The number of H-pyrrole nitrogens is 1. The van der Waals surface area contributed by atoms with Crippen molar-refractivity contribution in [3.8, 4) is 23.0 Å². The van der Waals surface area contributed by atoms with Crippen LogP contribution >= 0.6 is 0 Å². The number of benzene rings is 3. The number of nitrogens with one attached hydrogen (secondary N) is 2. The molecule has 7 nitrogen and oxygen atoms in total. The average Bonchev–Trinajstić information content (AvgIpc) is 3.52. The van der Waals surface area contributed by atoms with Crippen molar-refractivity contribution in [2.24, 2.45) is 0 Å². The van der Waals surface area contributed by atoms with Crippen LogP contribution in [0.1, 0.15) is 78.4 Å². The Balaban J connectivity index is 0.000000679. The Morgan fingerprint density at radius 3 is 2.12 bits per heavy atom. The number of aromatic nitrogens is 2. The van der Waals surface area contributed by atoms with Crippen molar-refractivity contribution in [3.05, 3.63) is 96.1 Å². The maximum absolute atomic E-state index is 13.1. The van der Waals surface area contributed by atoms with Gasteiger partial charge in [0.05, 0.1) is 30.3 Å². The molecule has 1 amide bonds. The second-order valence-corrected chi connectivity index (χ2v) is 8.16. The smallest absolute Gasteiger partial charge is 0.238 e. The summed E-state index contributed by atoms with van der Waals surface area (Å²) < 4.78 is 12.5. The highest BCUT2D eigenvalue weighted by Crippen LogP contribution is 2.39. The Kier molecular flexibility index (Phi) is 14.2. The molecule has 7 heteroatoms. The molecule has 1 atom stereocenters. The second kappa shape index (κ2) is 17.6. The number of ether oxygens (including phenoxy) is 2. The zero-order valence-corrected chi connectivity index (χ0v) is 25.8. The summed E-state index contributed by atoms with van der Waals surface area (Å²) in [5.41, 5.74) is 3.68. The van der Waals surface area contributed by atoms with Crippen LogP contribution in [0.5, 0.6) is 23.0 Å². The number of anilines is 1. The van der Waals surface area contributed by atoms with Crippen molar-refractivity contribution in [2.45, 2.75) is 67.9 Å². The van der Waals surface area contributed by atoms with Gasteiger partial charge >= 0.3 is 0 Å². The van der Waals surface area contributed by atoms with Crippen molar-refractivity contribution in [1.29, 1.82) is 0 Å². The number of fused-ring (bicyclic) bond motifs is 8. The van der Waals surface area contributed by atoms with E-state index >= 15 is 0 Å². The van der Waals surface area contributed by atoms with Crippen LogP contribution in [-0.2, 0) is 11.2 Å². The molecule has 3 heterocycles. The van der Waals surface area contributed by atoms with Gasteiger partial charge in [-0.3, -0.25) is 9.69 Å². The van der Waals surface area contributed by atoms with Gasteiger partial charge in [-0.25, -0.2) is 4.98 Å². The van der Waals surface area contributed by atoms with Crippen LogP contribution in [-0.4, -0.2) is 33.9 Å². The number of hydrogen-bond acceptors (Lipinski definition) is 5. The Hall–Kier alpha value is -4.10. The molecule has 0 fully saturated rings. The minimum atomic E-state index is -0.154. The molecule has 220 valence electrons. The average molecular weight is 559 g/mol. The highest BCUT2D eigenvalue weighted by atomic mass is 16.5. The first-order valence-electron chi connectivity index (χ1n) is 14.9. The van der Waals surface area contributed by atoms with E-state index in [9.17, 15) is 4.79 Å². The minimum absolute atomic E-state index is 0.104. The number of imidazole rings is 1. The number of carbonyl (C=O) groups excluding carboxylic acids is 1. The fourth-order valence-corrected chi connectivity index (χ4v) is 4.51. The van der Waals surface area contributed by atoms with Gasteiger partial charge in [0.2, 0.25) is 5.91 Å². The quantitative estimate of drug-likeness (QED) is 0.225. The van der Waals surface area contributed by atoms with Crippen LogP contribution in [0, 0.1) is 0 Å². The first-order valence-corrected chi connectivity index (χ1v) is 14.9. The van der Waals surface area contributed by atoms with Gasteiger partial charge in [-0.2, -0.15) is 0 Å². The Bertz CT molecular complexity index is 1330. The molecule has 2 aliphatic rings. The van der Waals surface area contributed by atoms with E-state index < -0.39 is 0 Å². The van der Waals surface area contributed by atoms with Crippen molar-refractivity contribution < 1.29 is 14.3 Å². The Labute approximate surface area is 245 Å². The number of nitrogens with zero attached hydrogens (tertiary/aromatic N) is 2. The van der Waals surface area contributed by atoms with Crippen LogP contribution in [0.2, 0.25) is 0 Å². The number of para-hydroxylation sites is 4. The van der Waals surface area contributed by atoms with Crippen molar-refractivity contribution in [3.63, 3.8) is 0 Å². The van der Waals surface area contributed by atoms with Gasteiger partial charge in [0, 0.05) is 18.7 Å². The number of rotatable bonds is 0. The van der Waals surface area contributed by atoms with Gasteiger partial charge in [0.25, 0.3) is 0 Å². The first kappa shape index (κ1) is 33.1. The molecule has 1 unspecified atom stereocenters. The molecule has 6 rings (SSSR count). The van der Waals surface area contributed by atoms with E-state index in [0.717, 1.165) is 29.9 Å². The highest BCUT2D eigenvalue weighted by molar-refractivity contribution is 5.93. The Morgan fingerprint density at radius 2 is 1.41 bits per heavy atom. The zero-order valence-electron chi connectivity index (χ0n) is 25.8. The van der Waals surface area contributed by atoms with Gasteiger partial charge < -0.3 is 19.8 Å². The minimum Gasteiger partial charge on any atom is -0.453 e. The lowest BCUT2D eigenvalue weighted by Gasteiger charge is -2.35. The van der Waals surface area contributed by atoms with E-state index in [1.165, 1.54) is 0 Å². The normalized spacial score (nSPS) is 14.8. The van der Waals surface area contributed by atoms with Gasteiger partial charge in [-0.1, -0.05) is 91.8 Å². The lowest BCUT2D eigenvalue weighted by molar-refractivity contribution is -0.117. The van der Waals surface area contributed by atoms with Crippen molar-refractivity contribution in [1.82, 2.24) is 14.9 Å². The SMILES string of the molecule is CC.CC.CC.CC.O=C1CN2CCc3[nH]cnc3C2c2cccc(c2)Oc2ccccc2Oc2ccccc2N1. The van der Waals surface area contributed by atoms with E-state index in [1.807, 2.05) is 122 Å². The summed E-state index contributed by atoms with van der Waals surface area (Å²) in [5.74, 6) is 2.30. The lowest BCUT2D eigenvalue weighted by atomic mass is 9.95. The van der Waals surface area contributed by atoms with E-state index in [1.54, 1.807) is 6.33 Å². The van der Waals surface area contributed by atoms with Gasteiger partial charge in [-0.05, 0) is 42.0 Å². The molecule has 0 saturated heterocycles. The fraction of sp³-hybridized carbons (Fsp3) is 0.353. The third kappa shape index (κ3) is 8.21. The van der Waals surface area contributed by atoms with Gasteiger partial charge in [-0.15, -0.1) is 0 Å². The van der Waals surface area contributed by atoms with Crippen LogP contribution in [0.3, 0.4) is 0 Å². The first-order chi connectivity index (χ1) is 20.2. The molecular weight excluding hydrogens is 512 g/mol. The molecule has 41 heavy (non-hydrogen) atoms. The van der Waals surface area contributed by atoms with E-state index in [4.69, 9.17) is 9.47 Å². The summed E-state index contributed by atoms with van der Waals surface area (Å²) >= 11 is 0. The maximum atomic E-state index is 13.1. The lowest BCUT2D eigenvalue weighted by Crippen LogP contribution is -2.41. The molecule has 0 spiro atoms. The van der Waals surface area contributed by atoms with Crippen molar-refractivity contribution >= 4 is 11.6 Å². The molecule has 1 aromatic heterocycles. The maximum Gasteiger partial charge on any atom is 0.238 e. The summed E-state index contributed by atoms with van der Waals surface area (Å²) in [6, 6.07) is 22.7. The molecule has 0 saturated carbocycles. The van der Waals surface area contributed by atoms with Crippen LogP contribution in [0.25, 0.3) is 0 Å².